The van der Waals surface area contributed by atoms with Crippen LogP contribution >= 0.6 is 23.2 Å². The van der Waals surface area contributed by atoms with E-state index in [9.17, 15) is 9.90 Å². The number of rotatable bonds is 4. The molecule has 0 radical (unpaired) electrons. The maximum absolute atomic E-state index is 13.0. The average Bonchev–Trinajstić information content (AvgIpc) is 3.20. The van der Waals surface area contributed by atoms with Gasteiger partial charge in [0.1, 0.15) is 17.1 Å². The monoisotopic (exact) mass is 415 g/mol. The van der Waals surface area contributed by atoms with Gasteiger partial charge in [-0.2, -0.15) is 5.10 Å². The molecule has 5 nitrogen and oxygen atoms in total. The molecule has 0 saturated heterocycles. The van der Waals surface area contributed by atoms with Gasteiger partial charge in [0, 0.05) is 27.7 Å². The number of H-pyrrole nitrogens is 1. The lowest BCUT2D eigenvalue weighted by atomic mass is 9.95. The minimum atomic E-state index is -0.312. The van der Waals surface area contributed by atoms with Crippen LogP contribution in [0.1, 0.15) is 46.6 Å². The Kier molecular flexibility index (Phi) is 4.81. The third-order valence-electron chi connectivity index (χ3n) is 5.05. The molecular weight excluding hydrogens is 397 g/mol. The molecule has 1 atom stereocenters. The van der Waals surface area contributed by atoms with E-state index < -0.39 is 0 Å². The molecule has 144 valence electrons. The molecule has 1 aromatic heterocycles. The lowest BCUT2D eigenvalue weighted by Gasteiger charge is -2.26. The average molecular weight is 416 g/mol. The highest BCUT2D eigenvalue weighted by Gasteiger charge is 2.42. The molecule has 1 aliphatic rings. The number of amides is 1. The van der Waals surface area contributed by atoms with Gasteiger partial charge in [0.05, 0.1) is 6.04 Å². The van der Waals surface area contributed by atoms with Gasteiger partial charge in [-0.15, -0.1) is 0 Å². The van der Waals surface area contributed by atoms with Gasteiger partial charge in [-0.1, -0.05) is 42.3 Å². The third-order valence-corrected chi connectivity index (χ3v) is 5.71. The highest BCUT2D eigenvalue weighted by atomic mass is 35.5. The summed E-state index contributed by atoms with van der Waals surface area (Å²) in [6, 6.07) is 10.4. The molecular formula is C21H19Cl2N3O2. The molecule has 3 aromatic rings. The first-order valence-corrected chi connectivity index (χ1v) is 9.82. The molecule has 0 saturated carbocycles. The Labute approximate surface area is 172 Å². The summed E-state index contributed by atoms with van der Waals surface area (Å²) < 4.78 is 0. The van der Waals surface area contributed by atoms with Crippen LogP contribution in [-0.4, -0.2) is 32.7 Å². The fourth-order valence-electron chi connectivity index (χ4n) is 3.72. The van der Waals surface area contributed by atoms with Crippen LogP contribution in [0.4, 0.5) is 0 Å². The number of fused-ring (bicyclic) bond motifs is 1. The van der Waals surface area contributed by atoms with Crippen LogP contribution in [-0.2, 0) is 0 Å². The van der Waals surface area contributed by atoms with Crippen LogP contribution in [0, 0.1) is 6.92 Å². The van der Waals surface area contributed by atoms with Gasteiger partial charge in [0.2, 0.25) is 0 Å². The van der Waals surface area contributed by atoms with Crippen molar-refractivity contribution in [2.75, 3.05) is 6.54 Å². The summed E-state index contributed by atoms with van der Waals surface area (Å²) >= 11 is 12.3. The minimum absolute atomic E-state index is 0.0763. The number of phenols is 1. The first-order valence-electron chi connectivity index (χ1n) is 9.06. The molecule has 0 fully saturated rings. The van der Waals surface area contributed by atoms with E-state index in [2.05, 4.69) is 10.2 Å². The number of benzene rings is 2. The Hall–Kier alpha value is -2.50. The zero-order valence-corrected chi connectivity index (χ0v) is 17.0. The number of aromatic nitrogens is 2. The predicted molar refractivity (Wildman–Crippen MR) is 110 cm³/mol. The van der Waals surface area contributed by atoms with Crippen molar-refractivity contribution < 1.29 is 9.90 Å². The maximum atomic E-state index is 13.0. The first kappa shape index (κ1) is 18.8. The molecule has 1 unspecified atom stereocenters. The van der Waals surface area contributed by atoms with Crippen LogP contribution in [0.3, 0.4) is 0 Å². The SMILES string of the molecule is CCCN1C(=O)c2[nH]nc(-c3cc(Cl)c(C)cc3O)c2C1c1ccc(Cl)cc1. The van der Waals surface area contributed by atoms with Gasteiger partial charge in [0.15, 0.2) is 0 Å². The van der Waals surface area contributed by atoms with Crippen molar-refractivity contribution in [2.45, 2.75) is 26.3 Å². The van der Waals surface area contributed by atoms with E-state index in [0.717, 1.165) is 23.1 Å². The van der Waals surface area contributed by atoms with Gasteiger partial charge in [-0.05, 0) is 48.7 Å². The summed E-state index contributed by atoms with van der Waals surface area (Å²) in [6.45, 7) is 4.46. The van der Waals surface area contributed by atoms with E-state index >= 15 is 0 Å². The van der Waals surface area contributed by atoms with Crippen LogP contribution in [0.2, 0.25) is 10.0 Å². The van der Waals surface area contributed by atoms with Crippen LogP contribution < -0.4 is 0 Å². The number of nitrogens with zero attached hydrogens (tertiary/aromatic N) is 2. The number of phenolic OH excluding ortho intramolecular Hbond substituents is 1. The smallest absolute Gasteiger partial charge is 0.273 e. The number of aromatic hydroxyl groups is 1. The molecule has 0 aliphatic carbocycles. The van der Waals surface area contributed by atoms with E-state index in [4.69, 9.17) is 23.2 Å². The number of carbonyl (C=O) groups excluding carboxylic acids is 1. The molecule has 28 heavy (non-hydrogen) atoms. The Morgan fingerprint density at radius 1 is 1.21 bits per heavy atom. The Morgan fingerprint density at radius 3 is 2.61 bits per heavy atom. The number of aromatic amines is 1. The summed E-state index contributed by atoms with van der Waals surface area (Å²) in [4.78, 5) is 14.8. The van der Waals surface area contributed by atoms with Crippen LogP contribution in [0.25, 0.3) is 11.3 Å². The first-order chi connectivity index (χ1) is 13.4. The van der Waals surface area contributed by atoms with E-state index in [1.165, 1.54) is 0 Å². The second-order valence-corrected chi connectivity index (χ2v) is 7.78. The maximum Gasteiger partial charge on any atom is 0.273 e. The molecule has 7 heteroatoms. The fraction of sp³-hybridized carbons (Fsp3) is 0.238. The number of nitrogens with one attached hydrogen (secondary N) is 1. The van der Waals surface area contributed by atoms with E-state index in [-0.39, 0.29) is 17.7 Å². The van der Waals surface area contributed by atoms with Gasteiger partial charge in [-0.25, -0.2) is 0 Å². The molecule has 1 amide bonds. The van der Waals surface area contributed by atoms with Crippen molar-refractivity contribution in [1.29, 1.82) is 0 Å². The standard InChI is InChI=1S/C21H19Cl2N3O2/c1-3-8-26-20(12-4-6-13(22)7-5-12)17-18(24-25-19(17)21(26)28)14-10-15(23)11(2)9-16(14)27/h4-7,9-10,20,27H,3,8H2,1-2H3,(H,24,25). The Bertz CT molecular complexity index is 1060. The Balaban J connectivity index is 1.92. The van der Waals surface area contributed by atoms with Crippen molar-refractivity contribution in [2.24, 2.45) is 0 Å². The molecule has 1 aliphatic heterocycles. The van der Waals surface area contributed by atoms with Crippen molar-refractivity contribution >= 4 is 29.1 Å². The van der Waals surface area contributed by atoms with Crippen molar-refractivity contribution in [3.8, 4) is 17.0 Å². The number of halogens is 2. The number of aryl methyl sites for hydroxylation is 1. The summed E-state index contributed by atoms with van der Waals surface area (Å²) in [5.74, 6) is -0.0271. The second-order valence-electron chi connectivity index (χ2n) is 6.93. The summed E-state index contributed by atoms with van der Waals surface area (Å²) in [7, 11) is 0. The molecule has 2 aromatic carbocycles. The topological polar surface area (TPSA) is 69.2 Å². The molecule has 0 spiro atoms. The zero-order valence-electron chi connectivity index (χ0n) is 15.5. The van der Waals surface area contributed by atoms with Crippen molar-refractivity contribution in [3.63, 3.8) is 0 Å². The number of carbonyl (C=O) groups is 1. The minimum Gasteiger partial charge on any atom is -0.507 e. The number of hydrogen-bond acceptors (Lipinski definition) is 3. The summed E-state index contributed by atoms with van der Waals surface area (Å²) in [5.41, 5.74) is 3.92. The lowest BCUT2D eigenvalue weighted by Crippen LogP contribution is -2.30. The van der Waals surface area contributed by atoms with Crippen molar-refractivity contribution in [3.05, 3.63) is 68.8 Å². The lowest BCUT2D eigenvalue weighted by molar-refractivity contribution is 0.0744. The predicted octanol–water partition coefficient (Wildman–Crippen LogP) is 5.35. The molecule has 2 heterocycles. The van der Waals surface area contributed by atoms with Crippen LogP contribution in [0.5, 0.6) is 5.75 Å². The molecule has 4 rings (SSSR count). The highest BCUT2D eigenvalue weighted by Crippen LogP contribution is 2.45. The zero-order chi connectivity index (χ0) is 20.0. The Morgan fingerprint density at radius 2 is 1.93 bits per heavy atom. The normalized spacial score (nSPS) is 15.9. The van der Waals surface area contributed by atoms with Crippen molar-refractivity contribution in [1.82, 2.24) is 15.1 Å². The highest BCUT2D eigenvalue weighted by molar-refractivity contribution is 6.31. The van der Waals surface area contributed by atoms with Gasteiger partial charge >= 0.3 is 0 Å². The van der Waals surface area contributed by atoms with Gasteiger partial charge in [0.25, 0.3) is 5.91 Å². The van der Waals surface area contributed by atoms with E-state index in [1.807, 2.05) is 43.0 Å². The molecule has 2 N–H and O–H groups in total. The quantitative estimate of drug-likeness (QED) is 0.602. The van der Waals surface area contributed by atoms with Gasteiger partial charge in [-0.3, -0.25) is 9.89 Å². The summed E-state index contributed by atoms with van der Waals surface area (Å²) in [6.07, 6.45) is 0.824. The van der Waals surface area contributed by atoms with E-state index in [0.29, 0.717) is 33.5 Å². The number of hydrogen-bond donors (Lipinski definition) is 2. The largest absolute Gasteiger partial charge is 0.507 e. The fourth-order valence-corrected chi connectivity index (χ4v) is 4.01. The third kappa shape index (κ3) is 2.95. The molecule has 0 bridgehead atoms. The van der Waals surface area contributed by atoms with Gasteiger partial charge < -0.3 is 10.0 Å². The summed E-state index contributed by atoms with van der Waals surface area (Å²) in [5, 5.41) is 18.9. The van der Waals surface area contributed by atoms with Crippen LogP contribution in [0.15, 0.2) is 36.4 Å². The second kappa shape index (κ2) is 7.15. The van der Waals surface area contributed by atoms with E-state index in [1.54, 1.807) is 12.1 Å².